The van der Waals surface area contributed by atoms with Crippen LogP contribution < -0.4 is 10.2 Å². The third-order valence-corrected chi connectivity index (χ3v) is 4.18. The van der Waals surface area contributed by atoms with Crippen molar-refractivity contribution in [3.63, 3.8) is 0 Å². The van der Waals surface area contributed by atoms with Crippen LogP contribution in [0.15, 0.2) is 59.8 Å². The van der Waals surface area contributed by atoms with Gasteiger partial charge < -0.3 is 4.74 Å². The number of benzene rings is 2. The predicted molar refractivity (Wildman–Crippen MR) is 109 cm³/mol. The zero-order valence-electron chi connectivity index (χ0n) is 14.9. The Labute approximate surface area is 158 Å². The first-order valence-corrected chi connectivity index (χ1v) is 9.06. The molecule has 0 fully saturated rings. The number of halogens is 1. The molecule has 0 saturated heterocycles. The van der Waals surface area contributed by atoms with Crippen molar-refractivity contribution in [2.45, 2.75) is 20.3 Å². The van der Waals surface area contributed by atoms with E-state index in [0.29, 0.717) is 10.9 Å². The Morgan fingerprint density at radius 3 is 2.73 bits per heavy atom. The molecule has 26 heavy (non-hydrogen) atoms. The molecule has 0 radical (unpaired) electrons. The van der Waals surface area contributed by atoms with Gasteiger partial charge in [-0.3, -0.25) is 10.4 Å². The maximum atomic E-state index is 6.01. The van der Waals surface area contributed by atoms with Crippen LogP contribution in [0.1, 0.15) is 25.8 Å². The minimum Gasteiger partial charge on any atom is -0.494 e. The van der Waals surface area contributed by atoms with Crippen molar-refractivity contribution in [3.05, 3.63) is 65.3 Å². The molecule has 2 aromatic carbocycles. The zero-order chi connectivity index (χ0) is 18.4. The van der Waals surface area contributed by atoms with E-state index in [1.54, 1.807) is 12.4 Å². The van der Waals surface area contributed by atoms with E-state index < -0.39 is 0 Å². The van der Waals surface area contributed by atoms with E-state index in [9.17, 15) is 0 Å². The summed E-state index contributed by atoms with van der Waals surface area (Å²) >= 11 is 6.01. The van der Waals surface area contributed by atoms with E-state index >= 15 is 0 Å². The highest BCUT2D eigenvalue weighted by Gasteiger charge is 2.01. The smallest absolute Gasteiger partial charge is 0.119 e. The van der Waals surface area contributed by atoms with Crippen molar-refractivity contribution < 1.29 is 4.74 Å². The molecule has 0 unspecified atom stereocenters. The predicted octanol–water partition coefficient (Wildman–Crippen LogP) is 5.76. The van der Waals surface area contributed by atoms with Gasteiger partial charge in [-0.15, -0.1) is 0 Å². The molecule has 134 valence electrons. The van der Waals surface area contributed by atoms with Gasteiger partial charge in [-0.2, -0.15) is 5.10 Å². The summed E-state index contributed by atoms with van der Waals surface area (Å²) in [7, 11) is 0. The van der Waals surface area contributed by atoms with Gasteiger partial charge in [-0.05, 0) is 66.4 Å². The van der Waals surface area contributed by atoms with Crippen LogP contribution in [0.25, 0.3) is 10.9 Å². The average Bonchev–Trinajstić information content (AvgIpc) is 2.62. The second kappa shape index (κ2) is 8.68. The molecule has 1 N–H and O–H groups in total. The SMILES string of the molecule is CC(C)CCOc1ccc(/C=N\Nc2ccnc3cc(Cl)ccc23)cc1. The first-order chi connectivity index (χ1) is 12.6. The lowest BCUT2D eigenvalue weighted by molar-refractivity contribution is 0.289. The number of rotatable bonds is 7. The molecule has 0 aliphatic carbocycles. The largest absolute Gasteiger partial charge is 0.494 e. The number of ether oxygens (including phenoxy) is 1. The quantitative estimate of drug-likeness (QED) is 0.426. The van der Waals surface area contributed by atoms with Crippen LogP contribution in [-0.4, -0.2) is 17.8 Å². The Hall–Kier alpha value is -2.59. The summed E-state index contributed by atoms with van der Waals surface area (Å²) in [5.41, 5.74) is 5.79. The third-order valence-electron chi connectivity index (χ3n) is 3.95. The Kier molecular flexibility index (Phi) is 6.08. The lowest BCUT2D eigenvalue weighted by Crippen LogP contribution is -2.01. The van der Waals surface area contributed by atoms with Crippen molar-refractivity contribution in [1.29, 1.82) is 0 Å². The number of nitrogens with zero attached hydrogens (tertiary/aromatic N) is 2. The van der Waals surface area contributed by atoms with Gasteiger partial charge in [0.05, 0.1) is 24.0 Å². The first kappa shape index (κ1) is 18.2. The monoisotopic (exact) mass is 367 g/mol. The maximum absolute atomic E-state index is 6.01. The molecular weight excluding hydrogens is 346 g/mol. The van der Waals surface area contributed by atoms with Crippen LogP contribution in [0.5, 0.6) is 5.75 Å². The fourth-order valence-electron chi connectivity index (χ4n) is 2.46. The van der Waals surface area contributed by atoms with Crippen LogP contribution >= 0.6 is 11.6 Å². The van der Waals surface area contributed by atoms with E-state index in [0.717, 1.165) is 40.9 Å². The fourth-order valence-corrected chi connectivity index (χ4v) is 2.62. The second-order valence-electron chi connectivity index (χ2n) is 6.49. The van der Waals surface area contributed by atoms with Gasteiger partial charge in [0.25, 0.3) is 0 Å². The van der Waals surface area contributed by atoms with Crippen LogP contribution in [-0.2, 0) is 0 Å². The first-order valence-electron chi connectivity index (χ1n) is 8.68. The minimum atomic E-state index is 0.646. The third kappa shape index (κ3) is 4.96. The number of hydrogen-bond acceptors (Lipinski definition) is 4. The maximum Gasteiger partial charge on any atom is 0.119 e. The number of nitrogens with one attached hydrogen (secondary N) is 1. The standard InChI is InChI=1S/C21H22ClN3O/c1-15(2)10-12-26-18-6-3-16(4-7-18)14-24-25-20-9-11-23-21-13-17(22)5-8-19(20)21/h3-9,11,13-15H,10,12H2,1-2H3,(H,23,25)/b24-14-. The van der Waals surface area contributed by atoms with E-state index in [1.807, 2.05) is 48.5 Å². The van der Waals surface area contributed by atoms with E-state index in [1.165, 1.54) is 0 Å². The molecule has 0 aliphatic rings. The minimum absolute atomic E-state index is 0.646. The summed E-state index contributed by atoms with van der Waals surface area (Å²) in [4.78, 5) is 4.32. The molecule has 0 amide bonds. The Bertz CT molecular complexity index is 891. The van der Waals surface area contributed by atoms with Gasteiger partial charge >= 0.3 is 0 Å². The molecule has 3 rings (SSSR count). The van der Waals surface area contributed by atoms with Gasteiger partial charge in [0.2, 0.25) is 0 Å². The number of hydrogen-bond donors (Lipinski definition) is 1. The van der Waals surface area contributed by atoms with Crippen LogP contribution in [0.2, 0.25) is 5.02 Å². The summed E-state index contributed by atoms with van der Waals surface area (Å²) in [6.45, 7) is 5.12. The number of hydrazone groups is 1. The molecule has 0 spiro atoms. The number of fused-ring (bicyclic) bond motifs is 1. The molecule has 0 bridgehead atoms. The highest BCUT2D eigenvalue weighted by atomic mass is 35.5. The van der Waals surface area contributed by atoms with Gasteiger partial charge in [-0.25, -0.2) is 0 Å². The van der Waals surface area contributed by atoms with E-state index in [-0.39, 0.29) is 0 Å². The summed E-state index contributed by atoms with van der Waals surface area (Å²) in [5.74, 6) is 1.53. The highest BCUT2D eigenvalue weighted by Crippen LogP contribution is 2.24. The summed E-state index contributed by atoms with van der Waals surface area (Å²) in [6, 6.07) is 15.4. The second-order valence-corrected chi connectivity index (χ2v) is 6.93. The number of pyridine rings is 1. The lowest BCUT2D eigenvalue weighted by atomic mass is 10.1. The van der Waals surface area contributed by atoms with Crippen LogP contribution in [0.3, 0.4) is 0 Å². The van der Waals surface area contributed by atoms with Crippen LogP contribution in [0.4, 0.5) is 5.69 Å². The van der Waals surface area contributed by atoms with Gasteiger partial charge in [0, 0.05) is 16.6 Å². The molecular formula is C21H22ClN3O. The van der Waals surface area contributed by atoms with E-state index in [2.05, 4.69) is 29.4 Å². The molecule has 3 aromatic rings. The highest BCUT2D eigenvalue weighted by molar-refractivity contribution is 6.31. The van der Waals surface area contributed by atoms with Crippen molar-refractivity contribution in [1.82, 2.24) is 4.98 Å². The molecule has 1 heterocycles. The Balaban J connectivity index is 1.62. The Morgan fingerprint density at radius 2 is 1.96 bits per heavy atom. The van der Waals surface area contributed by atoms with Gasteiger partial charge in [-0.1, -0.05) is 25.4 Å². The molecule has 0 atom stereocenters. The molecule has 4 nitrogen and oxygen atoms in total. The number of aromatic nitrogens is 1. The average molecular weight is 368 g/mol. The van der Waals surface area contributed by atoms with Crippen molar-refractivity contribution in [2.75, 3.05) is 12.0 Å². The summed E-state index contributed by atoms with van der Waals surface area (Å²) in [6.07, 6.45) is 4.57. The van der Waals surface area contributed by atoms with Crippen LogP contribution in [0, 0.1) is 5.92 Å². The van der Waals surface area contributed by atoms with Crippen molar-refractivity contribution >= 4 is 34.4 Å². The Morgan fingerprint density at radius 1 is 1.15 bits per heavy atom. The molecule has 5 heteroatoms. The zero-order valence-corrected chi connectivity index (χ0v) is 15.7. The molecule has 0 saturated carbocycles. The van der Waals surface area contributed by atoms with Gasteiger partial charge in [0.1, 0.15) is 5.75 Å². The molecule has 1 aromatic heterocycles. The van der Waals surface area contributed by atoms with Gasteiger partial charge in [0.15, 0.2) is 0 Å². The normalized spacial score (nSPS) is 11.4. The fraction of sp³-hybridized carbons (Fsp3) is 0.238. The van der Waals surface area contributed by atoms with Crippen molar-refractivity contribution in [2.24, 2.45) is 11.0 Å². The van der Waals surface area contributed by atoms with Crippen molar-refractivity contribution in [3.8, 4) is 5.75 Å². The summed E-state index contributed by atoms with van der Waals surface area (Å²) in [5, 5.41) is 5.97. The van der Waals surface area contributed by atoms with E-state index in [4.69, 9.17) is 16.3 Å². The summed E-state index contributed by atoms with van der Waals surface area (Å²) < 4.78 is 5.73. The topological polar surface area (TPSA) is 46.5 Å². The number of anilines is 1. The molecule has 0 aliphatic heterocycles. The lowest BCUT2D eigenvalue weighted by Gasteiger charge is -2.08.